The zero-order valence-electron chi connectivity index (χ0n) is 10.1. The lowest BCUT2D eigenvalue weighted by atomic mass is 10.1. The summed E-state index contributed by atoms with van der Waals surface area (Å²) in [7, 11) is 0. The van der Waals surface area contributed by atoms with E-state index in [-0.39, 0.29) is 6.10 Å². The summed E-state index contributed by atoms with van der Waals surface area (Å²) < 4.78 is 43.5. The predicted molar refractivity (Wildman–Crippen MR) is 62.7 cm³/mol. The minimum absolute atomic E-state index is 0.0583. The summed E-state index contributed by atoms with van der Waals surface area (Å²) >= 11 is 0. The molecule has 0 amide bonds. The van der Waals surface area contributed by atoms with Crippen molar-refractivity contribution in [3.63, 3.8) is 0 Å². The van der Waals surface area contributed by atoms with Crippen molar-refractivity contribution in [1.82, 2.24) is 5.32 Å². The Labute approximate surface area is 109 Å². The van der Waals surface area contributed by atoms with Crippen LogP contribution in [0.5, 0.6) is 5.75 Å². The van der Waals surface area contributed by atoms with Crippen LogP contribution >= 0.6 is 0 Å². The molecule has 3 nitrogen and oxygen atoms in total. The molecule has 1 N–H and O–H groups in total. The molecule has 1 aliphatic heterocycles. The average Bonchev–Trinajstić information content (AvgIpc) is 2.38. The van der Waals surface area contributed by atoms with Crippen LogP contribution in [-0.2, 0) is 6.18 Å². The maximum absolute atomic E-state index is 12.6. The van der Waals surface area contributed by atoms with Crippen LogP contribution in [0, 0.1) is 11.3 Å². The van der Waals surface area contributed by atoms with Crippen molar-refractivity contribution < 1.29 is 17.9 Å². The quantitative estimate of drug-likeness (QED) is 0.898. The highest BCUT2D eigenvalue weighted by atomic mass is 19.4. The van der Waals surface area contributed by atoms with Gasteiger partial charge in [-0.05, 0) is 37.6 Å². The molecule has 0 saturated carbocycles. The molecule has 1 heterocycles. The molecule has 1 aliphatic rings. The fourth-order valence-electron chi connectivity index (χ4n) is 2.05. The molecule has 1 atom stereocenters. The van der Waals surface area contributed by atoms with E-state index in [0.717, 1.165) is 31.5 Å². The SMILES string of the molecule is N#Cc1cc(OC2CCCNC2)ccc1C(F)(F)F. The Balaban J connectivity index is 2.17. The van der Waals surface area contributed by atoms with Crippen molar-refractivity contribution in [2.24, 2.45) is 0 Å². The van der Waals surface area contributed by atoms with Crippen LogP contribution < -0.4 is 10.1 Å². The molecule has 19 heavy (non-hydrogen) atoms. The first-order chi connectivity index (χ1) is 9.00. The van der Waals surface area contributed by atoms with Crippen LogP contribution in [0.25, 0.3) is 0 Å². The van der Waals surface area contributed by atoms with E-state index in [1.165, 1.54) is 6.07 Å². The third-order valence-corrected chi connectivity index (χ3v) is 2.97. The molecule has 102 valence electrons. The largest absolute Gasteiger partial charge is 0.489 e. The van der Waals surface area contributed by atoms with Crippen molar-refractivity contribution in [2.45, 2.75) is 25.1 Å². The number of nitrogens with zero attached hydrogens (tertiary/aromatic N) is 1. The van der Waals surface area contributed by atoms with Gasteiger partial charge in [0.2, 0.25) is 0 Å². The van der Waals surface area contributed by atoms with Gasteiger partial charge < -0.3 is 10.1 Å². The number of ether oxygens (including phenoxy) is 1. The van der Waals surface area contributed by atoms with Crippen molar-refractivity contribution >= 4 is 0 Å². The first-order valence-corrected chi connectivity index (χ1v) is 5.99. The van der Waals surface area contributed by atoms with Gasteiger partial charge in [0.25, 0.3) is 0 Å². The second kappa shape index (κ2) is 5.49. The van der Waals surface area contributed by atoms with E-state index < -0.39 is 17.3 Å². The van der Waals surface area contributed by atoms with Crippen molar-refractivity contribution in [3.05, 3.63) is 29.3 Å². The van der Waals surface area contributed by atoms with Gasteiger partial charge in [0.05, 0.1) is 17.2 Å². The number of benzene rings is 1. The van der Waals surface area contributed by atoms with Crippen molar-refractivity contribution in [1.29, 1.82) is 5.26 Å². The molecule has 0 aliphatic carbocycles. The summed E-state index contributed by atoms with van der Waals surface area (Å²) in [4.78, 5) is 0. The molecule has 1 aromatic rings. The van der Waals surface area contributed by atoms with Crippen LogP contribution in [0.1, 0.15) is 24.0 Å². The molecule has 2 rings (SSSR count). The molecule has 0 radical (unpaired) electrons. The van der Waals surface area contributed by atoms with Crippen LogP contribution in [0.15, 0.2) is 18.2 Å². The topological polar surface area (TPSA) is 45.0 Å². The van der Waals surface area contributed by atoms with E-state index in [1.54, 1.807) is 6.07 Å². The first kappa shape index (κ1) is 13.7. The Morgan fingerprint density at radius 3 is 2.74 bits per heavy atom. The van der Waals surface area contributed by atoms with Gasteiger partial charge in [-0.3, -0.25) is 0 Å². The van der Waals surface area contributed by atoms with Crippen molar-refractivity contribution in [2.75, 3.05) is 13.1 Å². The molecule has 1 unspecified atom stereocenters. The number of halogens is 3. The van der Waals surface area contributed by atoms with Crippen LogP contribution in [0.4, 0.5) is 13.2 Å². The monoisotopic (exact) mass is 270 g/mol. The molecule has 1 saturated heterocycles. The fourth-order valence-corrected chi connectivity index (χ4v) is 2.05. The van der Waals surface area contributed by atoms with E-state index in [1.807, 2.05) is 0 Å². The predicted octanol–water partition coefficient (Wildman–Crippen LogP) is 2.71. The van der Waals surface area contributed by atoms with Crippen LogP contribution in [-0.4, -0.2) is 19.2 Å². The lowest BCUT2D eigenvalue weighted by Crippen LogP contribution is -2.37. The fraction of sp³-hybridized carbons (Fsp3) is 0.462. The van der Waals surface area contributed by atoms with Crippen molar-refractivity contribution in [3.8, 4) is 11.8 Å². The van der Waals surface area contributed by atoms with Crippen LogP contribution in [0.2, 0.25) is 0 Å². The Morgan fingerprint density at radius 2 is 2.16 bits per heavy atom. The standard InChI is InChI=1S/C13H13F3N2O/c14-13(15,16)12-4-3-10(6-9(12)7-17)19-11-2-1-5-18-8-11/h3-4,6,11,18H,1-2,5,8H2. The third kappa shape index (κ3) is 3.38. The van der Waals surface area contributed by atoms with Gasteiger partial charge in [-0.1, -0.05) is 0 Å². The average molecular weight is 270 g/mol. The summed E-state index contributed by atoms with van der Waals surface area (Å²) in [5.41, 5.74) is -1.34. The van der Waals surface area contributed by atoms with Gasteiger partial charge in [-0.25, -0.2) is 0 Å². The van der Waals surface area contributed by atoms with Crippen LogP contribution in [0.3, 0.4) is 0 Å². The molecule has 0 bridgehead atoms. The zero-order chi connectivity index (χ0) is 13.9. The Morgan fingerprint density at radius 1 is 1.37 bits per heavy atom. The minimum atomic E-state index is -4.52. The number of hydrogen-bond donors (Lipinski definition) is 1. The molecule has 0 aromatic heterocycles. The summed E-state index contributed by atoms with van der Waals surface area (Å²) in [6.45, 7) is 1.60. The summed E-state index contributed by atoms with van der Waals surface area (Å²) in [6, 6.07) is 4.87. The van der Waals surface area contributed by atoms with Gasteiger partial charge >= 0.3 is 6.18 Å². The van der Waals surface area contributed by atoms with Gasteiger partial charge in [-0.2, -0.15) is 18.4 Å². The Hall–Kier alpha value is -1.74. The molecular weight excluding hydrogens is 257 g/mol. The van der Waals surface area contributed by atoms with Gasteiger partial charge in [0, 0.05) is 6.54 Å². The molecule has 1 aromatic carbocycles. The van der Waals surface area contributed by atoms with E-state index in [0.29, 0.717) is 12.3 Å². The first-order valence-electron chi connectivity index (χ1n) is 5.99. The van der Waals surface area contributed by atoms with Gasteiger partial charge in [0.1, 0.15) is 11.9 Å². The molecule has 1 fully saturated rings. The highest BCUT2D eigenvalue weighted by Gasteiger charge is 2.33. The molecular formula is C13H13F3N2O. The Kier molecular flexibility index (Phi) is 3.96. The van der Waals surface area contributed by atoms with E-state index >= 15 is 0 Å². The second-order valence-electron chi connectivity index (χ2n) is 4.40. The summed E-state index contributed by atoms with van der Waals surface area (Å²) in [6.07, 6.45) is -2.75. The van der Waals surface area contributed by atoms with E-state index in [2.05, 4.69) is 5.32 Å². The van der Waals surface area contributed by atoms with Gasteiger partial charge in [0.15, 0.2) is 0 Å². The maximum Gasteiger partial charge on any atom is 0.417 e. The Bertz CT molecular complexity index is 488. The highest BCUT2D eigenvalue weighted by Crippen LogP contribution is 2.33. The summed E-state index contributed by atoms with van der Waals surface area (Å²) in [5, 5.41) is 11.9. The lowest BCUT2D eigenvalue weighted by molar-refractivity contribution is -0.137. The molecule has 0 spiro atoms. The van der Waals surface area contributed by atoms with E-state index in [4.69, 9.17) is 10.00 Å². The second-order valence-corrected chi connectivity index (χ2v) is 4.40. The number of nitriles is 1. The lowest BCUT2D eigenvalue weighted by Gasteiger charge is -2.24. The normalized spacial score (nSPS) is 19.8. The zero-order valence-corrected chi connectivity index (χ0v) is 10.1. The number of nitrogens with one attached hydrogen (secondary N) is 1. The number of alkyl halides is 3. The number of hydrogen-bond acceptors (Lipinski definition) is 3. The number of piperidine rings is 1. The highest BCUT2D eigenvalue weighted by molar-refractivity contribution is 5.44. The third-order valence-electron chi connectivity index (χ3n) is 2.97. The summed E-state index contributed by atoms with van der Waals surface area (Å²) in [5.74, 6) is 0.304. The van der Waals surface area contributed by atoms with E-state index in [9.17, 15) is 13.2 Å². The number of rotatable bonds is 2. The smallest absolute Gasteiger partial charge is 0.417 e. The molecule has 6 heteroatoms. The minimum Gasteiger partial charge on any atom is -0.489 e. The van der Waals surface area contributed by atoms with Gasteiger partial charge in [-0.15, -0.1) is 0 Å². The maximum atomic E-state index is 12.6.